The second-order valence-electron chi connectivity index (χ2n) is 22.8. The predicted molar refractivity (Wildman–Crippen MR) is 332 cm³/mol. The number of phenolic OH excluding ortho intramolecular Hbond substituents is 1. The van der Waals surface area contributed by atoms with Gasteiger partial charge in [0.25, 0.3) is 0 Å². The van der Waals surface area contributed by atoms with E-state index in [1.54, 1.807) is 27.8 Å². The van der Waals surface area contributed by atoms with Gasteiger partial charge in [-0.2, -0.15) is 0 Å². The van der Waals surface area contributed by atoms with Gasteiger partial charge in [0.05, 0.1) is 25.2 Å². The van der Waals surface area contributed by atoms with Crippen LogP contribution in [0.3, 0.4) is 0 Å². The molecular formula is C57H100N18O15. The van der Waals surface area contributed by atoms with Crippen LogP contribution in [0.5, 0.6) is 5.75 Å². The molecule has 0 fully saturated rings. The van der Waals surface area contributed by atoms with Gasteiger partial charge in [0.2, 0.25) is 59.1 Å². The second kappa shape index (κ2) is 42.5. The summed E-state index contributed by atoms with van der Waals surface area (Å²) in [7, 11) is 1.57. The molecule has 0 unspecified atom stereocenters. The summed E-state index contributed by atoms with van der Waals surface area (Å²) in [5, 5.41) is 86.5. The average molecular weight is 1280 g/mol. The number of guanidine groups is 2. The van der Waals surface area contributed by atoms with Crippen LogP contribution in [0.2, 0.25) is 0 Å². The molecule has 0 saturated heterocycles. The fraction of sp³-hybridized carbons (Fsp3) is 0.667. The number of primary amides is 1. The molecule has 1 rings (SSSR count). The molecule has 0 saturated carbocycles. The summed E-state index contributed by atoms with van der Waals surface area (Å²) in [6.07, 6.45) is -1.25. The number of nitrogens with two attached hydrogens (primary N) is 4. The predicted octanol–water partition coefficient (Wildman–Crippen LogP) is -4.84. The number of carboxylic acid groups (broad SMARTS) is 1. The Morgan fingerprint density at radius 3 is 1.29 bits per heavy atom. The number of carboxylic acids is 1. The van der Waals surface area contributed by atoms with Crippen molar-refractivity contribution in [2.75, 3.05) is 33.3 Å². The summed E-state index contributed by atoms with van der Waals surface area (Å²) >= 11 is 0. The maximum Gasteiger partial charge on any atom is 0.305 e. The number of rotatable bonds is 45. The van der Waals surface area contributed by atoms with E-state index >= 15 is 0 Å². The van der Waals surface area contributed by atoms with Gasteiger partial charge in [0.15, 0.2) is 11.9 Å². The van der Waals surface area contributed by atoms with E-state index < -0.39 is 145 Å². The standard InChI is InChI=1S/C57H100N18O15/c1-8-9-14-35(70-54(89)43(29-76)74-49(84)38(17-13-24-66-57(62)63)67-51(86)40(64-7)26-31(4)5)50(85)75-45(32(6)77)55(90)73-42(28-44(79)80)53(88)68-36(15-10-11-22-58)48(83)72-41(27-33-18-20-34(78)21-19-33)52(87)69-37(16-12-23-65-56(60)61)47(82)71-39(46(59)81)25-30(2)3/h18-21,30-32,35-43,45,64,76-78H,8-17,22-29,58H2,1-7H3,(H2,59,81)(H,67,86)(H,68,88)(H,69,87)(H,70,89)(H,71,82)(H,72,83)(H,73,90)(H,74,84)(H,75,85)(H,79,80)(H4,60,61,65)(H4,62,63,66)/t32-,35+,36+,37+,38+,39+,40+,41+,42+,43+,45+/m1/s1. The fourth-order valence-electron chi connectivity index (χ4n) is 9.06. The van der Waals surface area contributed by atoms with Gasteiger partial charge in [-0.15, -0.1) is 0 Å². The van der Waals surface area contributed by atoms with Gasteiger partial charge in [0, 0.05) is 19.5 Å². The van der Waals surface area contributed by atoms with Gasteiger partial charge < -0.3 is 107 Å². The zero-order valence-corrected chi connectivity index (χ0v) is 52.6. The molecule has 0 aliphatic rings. The number of likely N-dealkylation sites (N-methyl/N-ethyl adjacent to an activating group) is 1. The minimum atomic E-state index is -2.01. The molecule has 0 heterocycles. The molecule has 0 aromatic heterocycles. The Kier molecular flexibility index (Phi) is 37.6. The van der Waals surface area contributed by atoms with Crippen LogP contribution in [-0.4, -0.2) is 197 Å². The van der Waals surface area contributed by atoms with Crippen LogP contribution in [0.1, 0.15) is 131 Å². The first-order chi connectivity index (χ1) is 42.4. The number of aliphatic carboxylic acids is 1. The first-order valence-electron chi connectivity index (χ1n) is 30.2. The van der Waals surface area contributed by atoms with Crippen LogP contribution in [0.25, 0.3) is 0 Å². The van der Waals surface area contributed by atoms with Crippen LogP contribution < -0.4 is 86.7 Å². The highest BCUT2D eigenvalue weighted by Gasteiger charge is 2.37. The topological polar surface area (TPSA) is 565 Å². The molecule has 0 aliphatic carbocycles. The van der Waals surface area contributed by atoms with Gasteiger partial charge in [-0.3, -0.25) is 63.6 Å². The summed E-state index contributed by atoms with van der Waals surface area (Å²) in [4.78, 5) is 150. The highest BCUT2D eigenvalue weighted by atomic mass is 16.4. The lowest BCUT2D eigenvalue weighted by atomic mass is 10.0. The first-order valence-corrected chi connectivity index (χ1v) is 30.2. The SMILES string of the molecule is CCCC[C@H](NC(=O)[C@H](CO)NC(=O)[C@H](CCCNC(=N)N)NC(=O)[C@H](CC(C)C)NC)C(=O)N[C@H](C(=O)N[C@@H](CC(=O)O)C(=O)N[C@@H](CCCCN)C(=O)N[C@@H](Cc1ccc(O)cc1)C(=O)N[C@@H](CCCNC(=N)N)C(=O)N[C@@H](CC(C)C)C(N)=O)[C@@H](C)O. The molecule has 508 valence electrons. The van der Waals surface area contributed by atoms with Crippen molar-refractivity contribution in [1.29, 1.82) is 10.8 Å². The Labute approximate surface area is 524 Å². The molecule has 10 amide bonds. The fourth-order valence-corrected chi connectivity index (χ4v) is 9.06. The molecule has 1 aromatic rings. The maximum atomic E-state index is 14.4. The summed E-state index contributed by atoms with van der Waals surface area (Å²) in [6.45, 7) is 9.66. The van der Waals surface area contributed by atoms with E-state index in [1.807, 2.05) is 13.8 Å². The van der Waals surface area contributed by atoms with Crippen molar-refractivity contribution < 1.29 is 73.2 Å². The Morgan fingerprint density at radius 1 is 0.500 bits per heavy atom. The lowest BCUT2D eigenvalue weighted by molar-refractivity contribution is -0.142. The molecule has 0 aliphatic heterocycles. The van der Waals surface area contributed by atoms with Gasteiger partial charge in [-0.25, -0.2) is 0 Å². The van der Waals surface area contributed by atoms with Crippen molar-refractivity contribution >= 4 is 77.0 Å². The summed E-state index contributed by atoms with van der Waals surface area (Å²) in [6, 6.07) is -9.12. The number of aliphatic hydroxyl groups excluding tert-OH is 2. The molecule has 0 bridgehead atoms. The number of nitrogens with one attached hydrogen (secondary N) is 14. The summed E-state index contributed by atoms with van der Waals surface area (Å²) < 4.78 is 0. The van der Waals surface area contributed by atoms with E-state index in [-0.39, 0.29) is 107 Å². The highest BCUT2D eigenvalue weighted by Crippen LogP contribution is 2.15. The van der Waals surface area contributed by atoms with Crippen LogP contribution in [0.4, 0.5) is 0 Å². The smallest absolute Gasteiger partial charge is 0.305 e. The number of hydrogen-bond acceptors (Lipinski definition) is 18. The maximum absolute atomic E-state index is 14.4. The van der Waals surface area contributed by atoms with E-state index in [9.17, 15) is 73.2 Å². The minimum absolute atomic E-state index is 0.000766. The molecular weight excluding hydrogens is 1180 g/mol. The van der Waals surface area contributed by atoms with Crippen molar-refractivity contribution in [2.24, 2.45) is 34.8 Å². The van der Waals surface area contributed by atoms with E-state index in [0.717, 1.165) is 6.92 Å². The summed E-state index contributed by atoms with van der Waals surface area (Å²) in [5.74, 6) is -12.1. The van der Waals surface area contributed by atoms with Crippen molar-refractivity contribution in [3.63, 3.8) is 0 Å². The van der Waals surface area contributed by atoms with Crippen LogP contribution in [-0.2, 0) is 59.2 Å². The zero-order valence-electron chi connectivity index (χ0n) is 52.6. The van der Waals surface area contributed by atoms with E-state index in [0.29, 0.717) is 31.2 Å². The number of carbonyl (C=O) groups is 11. The Morgan fingerprint density at radius 2 is 0.878 bits per heavy atom. The molecule has 0 spiro atoms. The van der Waals surface area contributed by atoms with E-state index in [1.165, 1.54) is 24.3 Å². The van der Waals surface area contributed by atoms with E-state index in [2.05, 4.69) is 63.8 Å². The van der Waals surface area contributed by atoms with E-state index in [4.69, 9.17) is 33.8 Å². The zero-order chi connectivity index (χ0) is 68.2. The van der Waals surface area contributed by atoms with Crippen molar-refractivity contribution in [3.05, 3.63) is 29.8 Å². The third kappa shape index (κ3) is 31.7. The van der Waals surface area contributed by atoms with Crippen LogP contribution in [0, 0.1) is 22.7 Å². The second-order valence-corrected chi connectivity index (χ2v) is 22.8. The minimum Gasteiger partial charge on any atom is -0.508 e. The molecule has 11 atom stereocenters. The number of amides is 10. The average Bonchev–Trinajstić information content (AvgIpc) is 1.55. The number of aliphatic hydroxyl groups is 2. The van der Waals surface area contributed by atoms with Gasteiger partial charge >= 0.3 is 5.97 Å². The molecule has 1 aromatic carbocycles. The highest BCUT2D eigenvalue weighted by molar-refractivity contribution is 5.99. The van der Waals surface area contributed by atoms with Gasteiger partial charge in [-0.1, -0.05) is 59.6 Å². The number of phenols is 1. The third-order valence-electron chi connectivity index (χ3n) is 13.9. The van der Waals surface area contributed by atoms with Crippen molar-refractivity contribution in [1.82, 2.24) is 63.8 Å². The summed E-state index contributed by atoms with van der Waals surface area (Å²) in [5.41, 5.74) is 22.6. The lowest BCUT2D eigenvalue weighted by Crippen LogP contribution is -2.62. The molecule has 33 nitrogen and oxygen atoms in total. The third-order valence-corrected chi connectivity index (χ3v) is 13.9. The quantitative estimate of drug-likeness (QED) is 0.0165. The van der Waals surface area contributed by atoms with Crippen LogP contribution >= 0.6 is 0 Å². The molecule has 90 heavy (non-hydrogen) atoms. The van der Waals surface area contributed by atoms with Crippen molar-refractivity contribution in [3.8, 4) is 5.75 Å². The Balaban J connectivity index is 3.60. The lowest BCUT2D eigenvalue weighted by Gasteiger charge is -2.29. The number of unbranched alkanes of at least 4 members (excludes halogenated alkanes) is 2. The molecule has 26 N–H and O–H groups in total. The molecule has 33 heteroatoms. The van der Waals surface area contributed by atoms with Gasteiger partial charge in [0.1, 0.15) is 60.1 Å². The molecule has 0 radical (unpaired) electrons. The number of benzene rings is 1. The monoisotopic (exact) mass is 1280 g/mol. The number of hydrogen-bond donors (Lipinski definition) is 22. The van der Waals surface area contributed by atoms with Crippen molar-refractivity contribution in [2.45, 2.75) is 198 Å². The number of carbonyl (C=O) groups excluding carboxylic acids is 10. The Hall–Kier alpha value is -8.43. The largest absolute Gasteiger partial charge is 0.508 e. The normalized spacial score (nSPS) is 14.8. The first kappa shape index (κ1) is 79.6. The van der Waals surface area contributed by atoms with Crippen LogP contribution in [0.15, 0.2) is 24.3 Å². The number of aromatic hydroxyl groups is 1. The Bertz CT molecular complexity index is 2520. The van der Waals surface area contributed by atoms with Gasteiger partial charge in [-0.05, 0) is 114 Å².